The van der Waals surface area contributed by atoms with E-state index in [0.29, 0.717) is 42.5 Å². The van der Waals surface area contributed by atoms with Crippen molar-refractivity contribution < 1.29 is 14.3 Å². The smallest absolute Gasteiger partial charge is 0.325 e. The molecule has 1 N–H and O–H groups in total. The summed E-state index contributed by atoms with van der Waals surface area (Å²) in [6.07, 6.45) is 1.56. The number of pyridine rings is 1. The molecule has 2 aromatic rings. The summed E-state index contributed by atoms with van der Waals surface area (Å²) in [5.41, 5.74) is 1.98. The fourth-order valence-corrected chi connectivity index (χ4v) is 2.92. The molecule has 0 radical (unpaired) electrons. The minimum atomic E-state index is -0.214. The largest absolute Gasteiger partial charge is 0.497 e. The summed E-state index contributed by atoms with van der Waals surface area (Å²) in [6.45, 7) is 5.82. The highest BCUT2D eigenvalue weighted by molar-refractivity contribution is 6.05. The minimum Gasteiger partial charge on any atom is -0.497 e. The van der Waals surface area contributed by atoms with Crippen LogP contribution in [0.4, 0.5) is 16.3 Å². The van der Waals surface area contributed by atoms with E-state index in [1.807, 2.05) is 19.9 Å². The predicted molar refractivity (Wildman–Crippen MR) is 99.9 cm³/mol. The Labute approximate surface area is 152 Å². The van der Waals surface area contributed by atoms with Gasteiger partial charge in [-0.25, -0.2) is 9.78 Å². The van der Waals surface area contributed by atoms with Crippen LogP contribution in [-0.2, 0) is 0 Å². The molecule has 0 unspecified atom stereocenters. The van der Waals surface area contributed by atoms with Gasteiger partial charge in [-0.3, -0.25) is 9.69 Å². The van der Waals surface area contributed by atoms with E-state index >= 15 is 0 Å². The standard InChI is InChI=1S/C19H22N4O3/c1-4-22-9-10-23(19(22)25)17-8-5-14(12-20-17)21-18(24)16-7-6-15(26-3)11-13(16)2/h5-8,11-12H,4,9-10H2,1-3H3,(H,21,24). The van der Waals surface area contributed by atoms with Crippen molar-refractivity contribution in [3.05, 3.63) is 47.7 Å². The lowest BCUT2D eigenvalue weighted by Crippen LogP contribution is -2.32. The SMILES string of the molecule is CCN1CCN(c2ccc(NC(=O)c3ccc(OC)cc3C)cn2)C1=O. The molecule has 0 spiro atoms. The summed E-state index contributed by atoms with van der Waals surface area (Å²) in [4.78, 5) is 32.4. The van der Waals surface area contributed by atoms with Gasteiger partial charge in [-0.2, -0.15) is 0 Å². The van der Waals surface area contributed by atoms with Gasteiger partial charge in [0, 0.05) is 25.2 Å². The van der Waals surface area contributed by atoms with Crippen molar-refractivity contribution in [2.75, 3.05) is 37.0 Å². The highest BCUT2D eigenvalue weighted by atomic mass is 16.5. The van der Waals surface area contributed by atoms with Gasteiger partial charge < -0.3 is 15.0 Å². The van der Waals surface area contributed by atoms with E-state index in [1.165, 1.54) is 0 Å². The number of benzene rings is 1. The van der Waals surface area contributed by atoms with E-state index in [1.54, 1.807) is 47.4 Å². The lowest BCUT2D eigenvalue weighted by Gasteiger charge is -2.16. The number of urea groups is 1. The summed E-state index contributed by atoms with van der Waals surface area (Å²) in [5, 5.41) is 2.83. The summed E-state index contributed by atoms with van der Waals surface area (Å²) < 4.78 is 5.16. The lowest BCUT2D eigenvalue weighted by molar-refractivity contribution is 0.102. The maximum atomic E-state index is 12.5. The lowest BCUT2D eigenvalue weighted by atomic mass is 10.1. The number of hydrogen-bond acceptors (Lipinski definition) is 4. The number of ether oxygens (including phenoxy) is 1. The van der Waals surface area contributed by atoms with Gasteiger partial charge in [0.1, 0.15) is 11.6 Å². The molecule has 0 bridgehead atoms. The number of nitrogens with one attached hydrogen (secondary N) is 1. The van der Waals surface area contributed by atoms with Crippen molar-refractivity contribution in [2.24, 2.45) is 0 Å². The fraction of sp³-hybridized carbons (Fsp3) is 0.316. The van der Waals surface area contributed by atoms with Gasteiger partial charge in [0.2, 0.25) is 0 Å². The van der Waals surface area contributed by atoms with Gasteiger partial charge in [0.05, 0.1) is 19.0 Å². The van der Waals surface area contributed by atoms with E-state index < -0.39 is 0 Å². The van der Waals surface area contributed by atoms with Gasteiger partial charge in [-0.15, -0.1) is 0 Å². The second-order valence-corrected chi connectivity index (χ2v) is 6.05. The average Bonchev–Trinajstić information content (AvgIpc) is 3.02. The van der Waals surface area contributed by atoms with Crippen LogP contribution in [0.2, 0.25) is 0 Å². The Bertz CT molecular complexity index is 820. The zero-order valence-corrected chi connectivity index (χ0v) is 15.2. The number of amides is 3. The van der Waals surface area contributed by atoms with Crippen LogP contribution in [0.25, 0.3) is 0 Å². The monoisotopic (exact) mass is 354 g/mol. The first-order valence-corrected chi connectivity index (χ1v) is 8.52. The molecule has 136 valence electrons. The molecule has 1 aromatic heterocycles. The molecule has 1 aliphatic rings. The summed E-state index contributed by atoms with van der Waals surface area (Å²) >= 11 is 0. The van der Waals surface area contributed by atoms with Crippen molar-refractivity contribution in [1.82, 2.24) is 9.88 Å². The molecular weight excluding hydrogens is 332 g/mol. The van der Waals surface area contributed by atoms with Crippen LogP contribution in [0, 0.1) is 6.92 Å². The molecule has 1 aromatic carbocycles. The zero-order valence-electron chi connectivity index (χ0n) is 15.2. The van der Waals surface area contributed by atoms with Crippen molar-refractivity contribution >= 4 is 23.4 Å². The third kappa shape index (κ3) is 3.46. The number of carbonyl (C=O) groups is 2. The molecule has 7 nitrogen and oxygen atoms in total. The topological polar surface area (TPSA) is 74.8 Å². The van der Waals surface area contributed by atoms with E-state index in [4.69, 9.17) is 4.74 Å². The maximum Gasteiger partial charge on any atom is 0.325 e. The highest BCUT2D eigenvalue weighted by Crippen LogP contribution is 2.21. The normalized spacial score (nSPS) is 13.9. The number of rotatable bonds is 5. The van der Waals surface area contributed by atoms with Crippen LogP contribution < -0.4 is 15.0 Å². The molecular formula is C19H22N4O3. The van der Waals surface area contributed by atoms with Gasteiger partial charge in [0.15, 0.2) is 0 Å². The van der Waals surface area contributed by atoms with E-state index in [2.05, 4.69) is 10.3 Å². The van der Waals surface area contributed by atoms with Crippen molar-refractivity contribution in [2.45, 2.75) is 13.8 Å². The quantitative estimate of drug-likeness (QED) is 0.896. The van der Waals surface area contributed by atoms with Gasteiger partial charge in [-0.1, -0.05) is 0 Å². The molecule has 0 atom stereocenters. The van der Waals surface area contributed by atoms with Crippen molar-refractivity contribution in [3.8, 4) is 5.75 Å². The third-order valence-electron chi connectivity index (χ3n) is 4.44. The number of anilines is 2. The number of nitrogens with zero attached hydrogens (tertiary/aromatic N) is 3. The van der Waals surface area contributed by atoms with Crippen LogP contribution in [0.15, 0.2) is 36.5 Å². The van der Waals surface area contributed by atoms with Crippen LogP contribution in [0.1, 0.15) is 22.8 Å². The van der Waals surface area contributed by atoms with Crippen molar-refractivity contribution in [1.29, 1.82) is 0 Å². The van der Waals surface area contributed by atoms with Crippen LogP contribution in [0.5, 0.6) is 5.75 Å². The van der Waals surface area contributed by atoms with E-state index in [9.17, 15) is 9.59 Å². The number of carbonyl (C=O) groups excluding carboxylic acids is 2. The molecule has 1 aliphatic heterocycles. The van der Waals surface area contributed by atoms with Gasteiger partial charge >= 0.3 is 6.03 Å². The Morgan fingerprint density at radius 2 is 2.08 bits per heavy atom. The number of methoxy groups -OCH3 is 1. The molecule has 1 fully saturated rings. The minimum absolute atomic E-state index is 0.0364. The highest BCUT2D eigenvalue weighted by Gasteiger charge is 2.28. The summed E-state index contributed by atoms with van der Waals surface area (Å²) in [5.74, 6) is 1.08. The first kappa shape index (κ1) is 17.7. The molecule has 0 aliphatic carbocycles. The summed E-state index contributed by atoms with van der Waals surface area (Å²) in [6, 6.07) is 8.75. The Morgan fingerprint density at radius 3 is 2.65 bits per heavy atom. The van der Waals surface area contributed by atoms with Gasteiger partial charge in [-0.05, 0) is 49.7 Å². The van der Waals surface area contributed by atoms with Crippen LogP contribution >= 0.6 is 0 Å². The van der Waals surface area contributed by atoms with Crippen LogP contribution in [-0.4, -0.2) is 48.6 Å². The predicted octanol–water partition coefficient (Wildman–Crippen LogP) is 2.91. The first-order chi connectivity index (χ1) is 12.5. The third-order valence-corrected chi connectivity index (χ3v) is 4.44. The molecule has 0 saturated carbocycles. The van der Waals surface area contributed by atoms with E-state index in [0.717, 1.165) is 5.56 Å². The van der Waals surface area contributed by atoms with Gasteiger partial charge in [0.25, 0.3) is 5.91 Å². The molecule has 26 heavy (non-hydrogen) atoms. The second kappa shape index (κ2) is 7.43. The second-order valence-electron chi connectivity index (χ2n) is 6.05. The molecule has 2 heterocycles. The number of likely N-dealkylation sites (N-methyl/N-ethyl adjacent to an activating group) is 1. The molecule has 1 saturated heterocycles. The summed E-state index contributed by atoms with van der Waals surface area (Å²) in [7, 11) is 1.59. The average molecular weight is 354 g/mol. The Hall–Kier alpha value is -3.09. The van der Waals surface area contributed by atoms with E-state index in [-0.39, 0.29) is 11.9 Å². The molecule has 3 rings (SSSR count). The number of aryl methyl sites for hydroxylation is 1. The van der Waals surface area contributed by atoms with Crippen LogP contribution in [0.3, 0.4) is 0 Å². The molecule has 3 amide bonds. The first-order valence-electron chi connectivity index (χ1n) is 8.52. The molecule has 7 heteroatoms. The van der Waals surface area contributed by atoms with Crippen molar-refractivity contribution in [3.63, 3.8) is 0 Å². The Kier molecular flexibility index (Phi) is 5.06. The zero-order chi connectivity index (χ0) is 18.7. The number of aromatic nitrogens is 1. The Morgan fingerprint density at radius 1 is 1.27 bits per heavy atom. The Balaban J connectivity index is 1.70. The maximum absolute atomic E-state index is 12.5. The number of hydrogen-bond donors (Lipinski definition) is 1. The fourth-order valence-electron chi connectivity index (χ4n) is 2.92.